The summed E-state index contributed by atoms with van der Waals surface area (Å²) >= 11 is 5.93. The Labute approximate surface area is 166 Å². The molecule has 0 aliphatic heterocycles. The maximum Gasteiger partial charge on any atom is 0.254 e. The zero-order valence-electron chi connectivity index (χ0n) is 14.7. The van der Waals surface area contributed by atoms with Crippen molar-refractivity contribution < 1.29 is 22.8 Å². The number of aromatic nitrogens is 1. The Morgan fingerprint density at radius 3 is 2.25 bits per heavy atom. The summed E-state index contributed by atoms with van der Waals surface area (Å²) in [5.41, 5.74) is 1.68. The van der Waals surface area contributed by atoms with Gasteiger partial charge in [0.25, 0.3) is 5.91 Å². The number of carbonyl (C=O) groups excluding carboxylic acids is 1. The zero-order chi connectivity index (χ0) is 20.5. The number of halogens is 1. The molecule has 0 spiro atoms. The Kier molecular flexibility index (Phi) is 5.52. The SMILES string of the molecule is CN(O)C(=O)Cc1nc(-c2ccc(Cl)cc2)c(-c2ccc(S(N)(=O)=O)cc2)o1. The number of sulfonamides is 1. The van der Waals surface area contributed by atoms with Gasteiger partial charge in [-0.05, 0) is 36.4 Å². The van der Waals surface area contributed by atoms with Gasteiger partial charge in [0.1, 0.15) is 12.1 Å². The lowest BCUT2D eigenvalue weighted by Crippen LogP contribution is -2.24. The predicted molar refractivity (Wildman–Crippen MR) is 102 cm³/mol. The fourth-order valence-corrected chi connectivity index (χ4v) is 3.12. The minimum atomic E-state index is -3.83. The molecule has 0 unspecified atom stereocenters. The molecule has 0 aliphatic carbocycles. The summed E-state index contributed by atoms with van der Waals surface area (Å²) in [4.78, 5) is 16.1. The number of hydrogen-bond donors (Lipinski definition) is 2. The molecule has 28 heavy (non-hydrogen) atoms. The molecule has 0 bridgehead atoms. The molecule has 1 amide bonds. The topological polar surface area (TPSA) is 127 Å². The van der Waals surface area contributed by atoms with E-state index in [9.17, 15) is 18.4 Å². The third-order valence-corrected chi connectivity index (χ3v) is 5.08. The molecule has 0 radical (unpaired) electrons. The number of benzene rings is 2. The average Bonchev–Trinajstić information content (AvgIpc) is 3.05. The highest BCUT2D eigenvalue weighted by molar-refractivity contribution is 7.89. The number of rotatable bonds is 5. The first-order valence-corrected chi connectivity index (χ1v) is 9.92. The predicted octanol–water partition coefficient (Wildman–Crippen LogP) is 2.70. The van der Waals surface area contributed by atoms with Gasteiger partial charge in [-0.1, -0.05) is 23.7 Å². The molecule has 3 N–H and O–H groups in total. The van der Waals surface area contributed by atoms with Crippen LogP contribution in [0.2, 0.25) is 5.02 Å². The van der Waals surface area contributed by atoms with E-state index in [2.05, 4.69) is 4.98 Å². The molecular formula is C18H16ClN3O5S. The van der Waals surface area contributed by atoms with E-state index in [-0.39, 0.29) is 17.2 Å². The summed E-state index contributed by atoms with van der Waals surface area (Å²) in [6, 6.07) is 12.6. The maximum absolute atomic E-state index is 11.8. The molecule has 2 aromatic carbocycles. The third kappa shape index (κ3) is 4.39. The summed E-state index contributed by atoms with van der Waals surface area (Å²) in [7, 11) is -2.62. The number of oxazole rings is 1. The van der Waals surface area contributed by atoms with Crippen molar-refractivity contribution in [3.05, 3.63) is 59.4 Å². The fourth-order valence-electron chi connectivity index (χ4n) is 2.48. The minimum absolute atomic E-state index is 0.0406. The zero-order valence-corrected chi connectivity index (χ0v) is 16.2. The van der Waals surface area contributed by atoms with Gasteiger partial charge in [0.2, 0.25) is 15.9 Å². The van der Waals surface area contributed by atoms with Crippen molar-refractivity contribution in [2.24, 2.45) is 5.14 Å². The average molecular weight is 422 g/mol. The monoisotopic (exact) mass is 421 g/mol. The Morgan fingerprint density at radius 2 is 1.71 bits per heavy atom. The number of nitrogens with zero attached hydrogens (tertiary/aromatic N) is 2. The molecule has 3 rings (SSSR count). The van der Waals surface area contributed by atoms with Gasteiger partial charge in [0, 0.05) is 23.2 Å². The van der Waals surface area contributed by atoms with Crippen LogP contribution >= 0.6 is 11.6 Å². The first-order valence-electron chi connectivity index (χ1n) is 7.99. The third-order valence-electron chi connectivity index (χ3n) is 3.90. The van der Waals surface area contributed by atoms with Gasteiger partial charge < -0.3 is 4.42 Å². The highest BCUT2D eigenvalue weighted by Gasteiger charge is 2.20. The highest BCUT2D eigenvalue weighted by atomic mass is 35.5. The van der Waals surface area contributed by atoms with Crippen LogP contribution in [-0.4, -0.2) is 36.6 Å². The number of hydroxylamine groups is 2. The highest BCUT2D eigenvalue weighted by Crippen LogP contribution is 2.34. The van der Waals surface area contributed by atoms with E-state index in [4.69, 9.17) is 21.2 Å². The van der Waals surface area contributed by atoms with Crippen LogP contribution in [0, 0.1) is 0 Å². The standard InChI is InChI=1S/C18H16ClN3O5S/c1-22(24)16(23)10-15-21-17(11-2-6-13(19)7-3-11)18(27-15)12-4-8-14(9-5-12)28(20,25)26/h2-9,24H,10H2,1H3,(H2,20,25,26). The van der Waals surface area contributed by atoms with Crippen molar-refractivity contribution >= 4 is 27.5 Å². The summed E-state index contributed by atoms with van der Waals surface area (Å²) in [5.74, 6) is -0.159. The number of likely N-dealkylation sites (N-methyl/N-ethyl adjacent to an activating group) is 1. The van der Waals surface area contributed by atoms with Gasteiger partial charge in [0.15, 0.2) is 5.76 Å². The Hall–Kier alpha value is -2.72. The number of hydrogen-bond acceptors (Lipinski definition) is 6. The molecule has 8 nitrogen and oxygen atoms in total. The maximum atomic E-state index is 11.8. The van der Waals surface area contributed by atoms with Gasteiger partial charge in [-0.15, -0.1) is 0 Å². The molecule has 0 saturated carbocycles. The lowest BCUT2D eigenvalue weighted by atomic mass is 10.1. The van der Waals surface area contributed by atoms with Crippen LogP contribution in [0.25, 0.3) is 22.6 Å². The van der Waals surface area contributed by atoms with Crippen molar-refractivity contribution in [1.29, 1.82) is 0 Å². The second-order valence-electron chi connectivity index (χ2n) is 5.96. The van der Waals surface area contributed by atoms with Gasteiger partial charge in [-0.2, -0.15) is 0 Å². The van der Waals surface area contributed by atoms with Gasteiger partial charge in [-0.25, -0.2) is 23.6 Å². The molecule has 1 heterocycles. The Bertz CT molecular complexity index is 1110. The van der Waals surface area contributed by atoms with E-state index in [0.717, 1.165) is 0 Å². The van der Waals surface area contributed by atoms with Crippen molar-refractivity contribution in [2.45, 2.75) is 11.3 Å². The van der Waals surface area contributed by atoms with Crippen molar-refractivity contribution in [3.63, 3.8) is 0 Å². The minimum Gasteiger partial charge on any atom is -0.439 e. The molecule has 3 aromatic rings. The summed E-state index contributed by atoms with van der Waals surface area (Å²) in [6.45, 7) is 0. The van der Waals surface area contributed by atoms with Crippen LogP contribution in [0.1, 0.15) is 5.89 Å². The second kappa shape index (κ2) is 7.72. The van der Waals surface area contributed by atoms with E-state index in [1.165, 1.54) is 31.3 Å². The lowest BCUT2D eigenvalue weighted by molar-refractivity contribution is -0.158. The Morgan fingerprint density at radius 1 is 1.14 bits per heavy atom. The molecule has 0 fully saturated rings. The Balaban J connectivity index is 2.08. The summed E-state index contributed by atoms with van der Waals surface area (Å²) in [6.07, 6.45) is -0.247. The smallest absolute Gasteiger partial charge is 0.254 e. The van der Waals surface area contributed by atoms with Gasteiger partial charge >= 0.3 is 0 Å². The van der Waals surface area contributed by atoms with Crippen molar-refractivity contribution in [1.82, 2.24) is 10.0 Å². The van der Waals surface area contributed by atoms with Crippen molar-refractivity contribution in [2.75, 3.05) is 7.05 Å². The molecule has 1 aromatic heterocycles. The van der Waals surface area contributed by atoms with Crippen LogP contribution in [0.5, 0.6) is 0 Å². The molecule has 0 aliphatic rings. The van der Waals surface area contributed by atoms with Crippen molar-refractivity contribution in [3.8, 4) is 22.6 Å². The number of carbonyl (C=O) groups is 1. The van der Waals surface area contributed by atoms with Crippen LogP contribution in [-0.2, 0) is 21.2 Å². The van der Waals surface area contributed by atoms with Crippen LogP contribution in [0.4, 0.5) is 0 Å². The fraction of sp³-hybridized carbons (Fsp3) is 0.111. The quantitative estimate of drug-likeness (QED) is 0.481. The van der Waals surface area contributed by atoms with Crippen LogP contribution in [0.3, 0.4) is 0 Å². The van der Waals surface area contributed by atoms with Crippen LogP contribution in [0.15, 0.2) is 57.8 Å². The molecule has 10 heteroatoms. The normalized spacial score (nSPS) is 11.4. The molecule has 0 atom stereocenters. The van der Waals surface area contributed by atoms with E-state index in [1.54, 1.807) is 24.3 Å². The van der Waals surface area contributed by atoms with E-state index < -0.39 is 15.9 Å². The van der Waals surface area contributed by atoms with Crippen LogP contribution < -0.4 is 5.14 Å². The summed E-state index contributed by atoms with van der Waals surface area (Å²) < 4.78 is 28.7. The second-order valence-corrected chi connectivity index (χ2v) is 7.95. The first kappa shape index (κ1) is 20.0. The van der Waals surface area contributed by atoms with E-state index in [0.29, 0.717) is 32.7 Å². The number of nitrogens with two attached hydrogens (primary N) is 1. The van der Waals surface area contributed by atoms with Gasteiger partial charge in [-0.3, -0.25) is 10.0 Å². The lowest BCUT2D eigenvalue weighted by Gasteiger charge is -2.05. The van der Waals surface area contributed by atoms with Gasteiger partial charge in [0.05, 0.1) is 4.90 Å². The largest absolute Gasteiger partial charge is 0.439 e. The molecule has 146 valence electrons. The summed E-state index contributed by atoms with van der Waals surface area (Å²) in [5, 5.41) is 15.4. The molecular weight excluding hydrogens is 406 g/mol. The molecule has 0 saturated heterocycles. The van der Waals surface area contributed by atoms with E-state index >= 15 is 0 Å². The van der Waals surface area contributed by atoms with E-state index in [1.807, 2.05) is 0 Å². The number of amides is 1. The first-order chi connectivity index (χ1) is 13.1. The number of primary sulfonamides is 1.